The molecule has 86 valence electrons. The van der Waals surface area contributed by atoms with E-state index >= 15 is 0 Å². The fourth-order valence-corrected chi connectivity index (χ4v) is 1.20. The van der Waals surface area contributed by atoms with Crippen LogP contribution in [0.3, 0.4) is 0 Å². The van der Waals surface area contributed by atoms with E-state index in [0.717, 1.165) is 0 Å². The van der Waals surface area contributed by atoms with E-state index in [1.54, 1.807) is 24.3 Å². The van der Waals surface area contributed by atoms with Gasteiger partial charge >= 0.3 is 5.91 Å². The zero-order valence-electron chi connectivity index (χ0n) is 8.76. The maximum absolute atomic E-state index is 13.2. The minimum Gasteiger partial charge on any atom is -0.459 e. The molecule has 0 aliphatic rings. The second-order valence-electron chi connectivity index (χ2n) is 3.20. The van der Waals surface area contributed by atoms with Crippen molar-refractivity contribution in [2.75, 3.05) is 0 Å². The lowest BCUT2D eigenvalue weighted by Crippen LogP contribution is -2.16. The molecule has 2 rings (SSSR count). The number of carbonyl (C=O) groups excluding carboxylic acids is 1. The van der Waals surface area contributed by atoms with Gasteiger partial charge in [0.1, 0.15) is 5.82 Å². The van der Waals surface area contributed by atoms with Crippen molar-refractivity contribution in [3.05, 3.63) is 59.8 Å². The highest BCUT2D eigenvalue weighted by molar-refractivity contribution is 5.92. The molecule has 4 nitrogen and oxygen atoms in total. The quantitative estimate of drug-likeness (QED) is 0.651. The van der Waals surface area contributed by atoms with Gasteiger partial charge < -0.3 is 4.42 Å². The molecule has 0 unspecified atom stereocenters. The first-order chi connectivity index (χ1) is 8.27. The molecule has 5 heteroatoms. The predicted molar refractivity (Wildman–Crippen MR) is 60.2 cm³/mol. The number of hydrogen-bond donors (Lipinski definition) is 1. The standard InChI is InChI=1S/C12H9FN2O2/c13-10-5-2-1-4-9(10)8-14-15-12(16)11-6-3-7-17-11/h1-8H,(H,15,16)/b14-8+. The molecule has 0 aliphatic carbocycles. The van der Waals surface area contributed by atoms with Crippen molar-refractivity contribution in [1.29, 1.82) is 0 Å². The number of rotatable bonds is 3. The number of carbonyl (C=O) groups is 1. The van der Waals surface area contributed by atoms with Crippen LogP contribution in [-0.4, -0.2) is 12.1 Å². The number of benzene rings is 1. The molecule has 1 heterocycles. The Bertz CT molecular complexity index is 535. The number of nitrogens with zero attached hydrogens (tertiary/aromatic N) is 1. The summed E-state index contributed by atoms with van der Waals surface area (Å²) in [6.07, 6.45) is 2.62. The van der Waals surface area contributed by atoms with E-state index in [9.17, 15) is 9.18 Å². The van der Waals surface area contributed by atoms with E-state index in [-0.39, 0.29) is 5.76 Å². The van der Waals surface area contributed by atoms with Crippen molar-refractivity contribution >= 4 is 12.1 Å². The third kappa shape index (κ3) is 2.78. The first-order valence-electron chi connectivity index (χ1n) is 4.89. The van der Waals surface area contributed by atoms with Crippen molar-refractivity contribution < 1.29 is 13.6 Å². The topological polar surface area (TPSA) is 54.6 Å². The molecule has 0 radical (unpaired) electrons. The molecule has 1 amide bonds. The van der Waals surface area contributed by atoms with Crippen LogP contribution in [0.25, 0.3) is 0 Å². The van der Waals surface area contributed by atoms with Crippen LogP contribution in [0.4, 0.5) is 4.39 Å². The number of hydrazone groups is 1. The third-order valence-electron chi connectivity index (χ3n) is 2.02. The average Bonchev–Trinajstić information content (AvgIpc) is 2.85. The summed E-state index contributed by atoms with van der Waals surface area (Å²) in [5, 5.41) is 3.63. The van der Waals surface area contributed by atoms with E-state index in [0.29, 0.717) is 5.56 Å². The van der Waals surface area contributed by atoms with Gasteiger partial charge in [0.15, 0.2) is 5.76 Å². The Kier molecular flexibility index (Phi) is 3.30. The molecule has 0 fully saturated rings. The summed E-state index contributed by atoms with van der Waals surface area (Å²) in [5.41, 5.74) is 2.53. The minimum atomic E-state index is -0.484. The highest BCUT2D eigenvalue weighted by Crippen LogP contribution is 2.03. The summed E-state index contributed by atoms with van der Waals surface area (Å²) >= 11 is 0. The van der Waals surface area contributed by atoms with Crippen LogP contribution in [0.1, 0.15) is 16.1 Å². The maximum atomic E-state index is 13.2. The number of furan rings is 1. The van der Waals surface area contributed by atoms with E-state index in [2.05, 4.69) is 10.5 Å². The SMILES string of the molecule is O=C(N/N=C/c1ccccc1F)c1ccco1. The van der Waals surface area contributed by atoms with Crippen LogP contribution in [0.15, 0.2) is 52.2 Å². The van der Waals surface area contributed by atoms with Crippen LogP contribution < -0.4 is 5.43 Å². The minimum absolute atomic E-state index is 0.149. The Morgan fingerprint density at radius 2 is 2.12 bits per heavy atom. The lowest BCUT2D eigenvalue weighted by Gasteiger charge is -1.96. The van der Waals surface area contributed by atoms with E-state index < -0.39 is 11.7 Å². The Labute approximate surface area is 96.8 Å². The van der Waals surface area contributed by atoms with Gasteiger partial charge in [-0.25, -0.2) is 9.82 Å². The molecule has 1 aromatic heterocycles. The fourth-order valence-electron chi connectivity index (χ4n) is 1.20. The summed E-state index contributed by atoms with van der Waals surface area (Å²) in [6.45, 7) is 0. The summed E-state index contributed by atoms with van der Waals surface area (Å²) in [4.78, 5) is 11.4. The molecule has 0 saturated heterocycles. The van der Waals surface area contributed by atoms with Crippen LogP contribution in [-0.2, 0) is 0 Å². The predicted octanol–water partition coefficient (Wildman–Crippen LogP) is 2.18. The van der Waals surface area contributed by atoms with Crippen molar-refractivity contribution in [2.24, 2.45) is 5.10 Å². The Morgan fingerprint density at radius 3 is 2.82 bits per heavy atom. The molecular formula is C12H9FN2O2. The number of nitrogens with one attached hydrogen (secondary N) is 1. The molecule has 2 aromatic rings. The highest BCUT2D eigenvalue weighted by Gasteiger charge is 2.05. The highest BCUT2D eigenvalue weighted by atomic mass is 19.1. The largest absolute Gasteiger partial charge is 0.459 e. The van der Waals surface area contributed by atoms with E-state index in [1.807, 2.05) is 0 Å². The van der Waals surface area contributed by atoms with E-state index in [1.165, 1.54) is 24.6 Å². The van der Waals surface area contributed by atoms with Crippen molar-refractivity contribution in [3.8, 4) is 0 Å². The lowest BCUT2D eigenvalue weighted by atomic mass is 10.2. The van der Waals surface area contributed by atoms with Crippen LogP contribution in [0, 0.1) is 5.82 Å². The van der Waals surface area contributed by atoms with Gasteiger partial charge in [0.25, 0.3) is 0 Å². The third-order valence-corrected chi connectivity index (χ3v) is 2.02. The Hall–Kier alpha value is -2.43. The lowest BCUT2D eigenvalue weighted by molar-refractivity contribution is 0.0927. The Balaban J connectivity index is 1.99. The molecule has 17 heavy (non-hydrogen) atoms. The normalized spacial score (nSPS) is 10.6. The number of hydrogen-bond acceptors (Lipinski definition) is 3. The summed E-state index contributed by atoms with van der Waals surface area (Å²) in [7, 11) is 0. The first-order valence-corrected chi connectivity index (χ1v) is 4.89. The molecule has 0 saturated carbocycles. The van der Waals surface area contributed by atoms with Crippen molar-refractivity contribution in [2.45, 2.75) is 0 Å². The van der Waals surface area contributed by atoms with Gasteiger partial charge in [0.2, 0.25) is 0 Å². The van der Waals surface area contributed by atoms with Crippen LogP contribution in [0.5, 0.6) is 0 Å². The van der Waals surface area contributed by atoms with Gasteiger partial charge in [-0.15, -0.1) is 0 Å². The van der Waals surface area contributed by atoms with Gasteiger partial charge in [-0.05, 0) is 18.2 Å². The van der Waals surface area contributed by atoms with Gasteiger partial charge in [-0.2, -0.15) is 5.10 Å². The zero-order chi connectivity index (χ0) is 12.1. The first kappa shape index (κ1) is 11.1. The van der Waals surface area contributed by atoms with Gasteiger partial charge in [-0.3, -0.25) is 4.79 Å². The molecule has 0 bridgehead atoms. The molecule has 1 aromatic carbocycles. The van der Waals surface area contributed by atoms with Crippen LogP contribution in [0.2, 0.25) is 0 Å². The summed E-state index contributed by atoms with van der Waals surface area (Å²) in [6, 6.07) is 9.23. The number of amides is 1. The smallest absolute Gasteiger partial charge is 0.307 e. The second kappa shape index (κ2) is 5.07. The molecule has 0 atom stereocenters. The van der Waals surface area contributed by atoms with Gasteiger partial charge in [-0.1, -0.05) is 18.2 Å². The van der Waals surface area contributed by atoms with Crippen molar-refractivity contribution in [1.82, 2.24) is 5.43 Å². The molecular weight excluding hydrogens is 223 g/mol. The fraction of sp³-hybridized carbons (Fsp3) is 0. The Morgan fingerprint density at radius 1 is 1.29 bits per heavy atom. The summed E-state index contributed by atoms with van der Waals surface area (Å²) < 4.78 is 18.0. The van der Waals surface area contributed by atoms with Crippen molar-refractivity contribution in [3.63, 3.8) is 0 Å². The van der Waals surface area contributed by atoms with Crippen LogP contribution >= 0.6 is 0 Å². The monoisotopic (exact) mass is 232 g/mol. The number of halogens is 1. The molecule has 0 aliphatic heterocycles. The van der Waals surface area contributed by atoms with E-state index in [4.69, 9.17) is 4.42 Å². The molecule has 0 spiro atoms. The second-order valence-corrected chi connectivity index (χ2v) is 3.20. The summed E-state index contributed by atoms with van der Waals surface area (Å²) in [5.74, 6) is -0.734. The van der Waals surface area contributed by atoms with Gasteiger partial charge in [0.05, 0.1) is 12.5 Å². The zero-order valence-corrected chi connectivity index (χ0v) is 8.76. The van der Waals surface area contributed by atoms with Gasteiger partial charge in [0, 0.05) is 5.56 Å². The maximum Gasteiger partial charge on any atom is 0.307 e. The average molecular weight is 232 g/mol. The molecule has 1 N–H and O–H groups in total.